The van der Waals surface area contributed by atoms with E-state index in [1.807, 2.05) is 13.0 Å². The third kappa shape index (κ3) is 6.97. The molecule has 120 valence electrons. The molecule has 0 aliphatic carbocycles. The fourth-order valence-corrected chi connectivity index (χ4v) is 1.95. The second kappa shape index (κ2) is 9.66. The minimum atomic E-state index is 0.0379. The first-order chi connectivity index (χ1) is 10.5. The standard InChI is InChI=1S/C18H25NO3/c1-14(2)8-6-4-5-7-9-18(21)19-13-15-10-11-16(20)17(12-15)22-3/h6,8,10-12,20H,1,4-5,7,9,13H2,2-3H3,(H,19,21)/b8-6+. The largest absolute Gasteiger partial charge is 0.504 e. The molecule has 0 fully saturated rings. The summed E-state index contributed by atoms with van der Waals surface area (Å²) in [6.07, 6.45) is 7.43. The van der Waals surface area contributed by atoms with Gasteiger partial charge in [-0.25, -0.2) is 0 Å². The number of nitrogens with one attached hydrogen (secondary N) is 1. The Hall–Kier alpha value is -2.23. The summed E-state index contributed by atoms with van der Waals surface area (Å²) in [4.78, 5) is 11.8. The van der Waals surface area contributed by atoms with E-state index in [1.165, 1.54) is 7.11 Å². The summed E-state index contributed by atoms with van der Waals surface area (Å²) in [7, 11) is 1.50. The molecule has 1 rings (SSSR count). The molecule has 1 amide bonds. The normalized spacial score (nSPS) is 10.6. The van der Waals surface area contributed by atoms with Crippen molar-refractivity contribution in [2.75, 3.05) is 7.11 Å². The van der Waals surface area contributed by atoms with Crippen molar-refractivity contribution in [3.05, 3.63) is 48.1 Å². The van der Waals surface area contributed by atoms with E-state index >= 15 is 0 Å². The van der Waals surface area contributed by atoms with Gasteiger partial charge in [0, 0.05) is 13.0 Å². The van der Waals surface area contributed by atoms with Gasteiger partial charge in [-0.1, -0.05) is 30.4 Å². The molecule has 1 aromatic carbocycles. The van der Waals surface area contributed by atoms with Crippen LogP contribution in [0.4, 0.5) is 0 Å². The molecule has 0 saturated carbocycles. The Kier molecular flexibility index (Phi) is 7.83. The smallest absolute Gasteiger partial charge is 0.220 e. The van der Waals surface area contributed by atoms with Crippen LogP contribution in [0.3, 0.4) is 0 Å². The van der Waals surface area contributed by atoms with Crippen LogP contribution in [0.25, 0.3) is 0 Å². The van der Waals surface area contributed by atoms with Gasteiger partial charge in [0.05, 0.1) is 7.11 Å². The number of methoxy groups -OCH3 is 1. The minimum absolute atomic E-state index is 0.0379. The van der Waals surface area contributed by atoms with Gasteiger partial charge < -0.3 is 15.2 Å². The fraction of sp³-hybridized carbons (Fsp3) is 0.389. The fourth-order valence-electron chi connectivity index (χ4n) is 1.95. The molecule has 1 aromatic rings. The van der Waals surface area contributed by atoms with Crippen LogP contribution in [-0.2, 0) is 11.3 Å². The number of rotatable bonds is 9. The molecule has 2 N–H and O–H groups in total. The summed E-state index contributed by atoms with van der Waals surface area (Å²) in [5.41, 5.74) is 1.94. The number of carbonyl (C=O) groups excluding carboxylic acids is 1. The summed E-state index contributed by atoms with van der Waals surface area (Å²) >= 11 is 0. The van der Waals surface area contributed by atoms with Crippen molar-refractivity contribution >= 4 is 5.91 Å². The third-order valence-electron chi connectivity index (χ3n) is 3.16. The number of aromatic hydroxyl groups is 1. The Morgan fingerprint density at radius 3 is 2.86 bits per heavy atom. The molecular formula is C18H25NO3. The first-order valence-electron chi connectivity index (χ1n) is 7.47. The van der Waals surface area contributed by atoms with Gasteiger partial charge in [-0.05, 0) is 43.9 Å². The Bertz CT molecular complexity index is 535. The molecule has 4 heteroatoms. The second-order valence-corrected chi connectivity index (χ2v) is 5.28. The van der Waals surface area contributed by atoms with E-state index in [1.54, 1.807) is 18.2 Å². The highest BCUT2D eigenvalue weighted by Crippen LogP contribution is 2.26. The van der Waals surface area contributed by atoms with Gasteiger partial charge in [0.15, 0.2) is 11.5 Å². The molecule has 22 heavy (non-hydrogen) atoms. The summed E-state index contributed by atoms with van der Waals surface area (Å²) in [5, 5.41) is 12.4. The number of benzene rings is 1. The van der Waals surface area contributed by atoms with Crippen LogP contribution in [0.2, 0.25) is 0 Å². The van der Waals surface area contributed by atoms with Crippen molar-refractivity contribution in [3.63, 3.8) is 0 Å². The van der Waals surface area contributed by atoms with Crippen LogP contribution < -0.4 is 10.1 Å². The average molecular weight is 303 g/mol. The Balaban J connectivity index is 2.24. The molecule has 0 aliphatic heterocycles. The van der Waals surface area contributed by atoms with Crippen LogP contribution >= 0.6 is 0 Å². The van der Waals surface area contributed by atoms with Crippen molar-refractivity contribution in [3.8, 4) is 11.5 Å². The minimum Gasteiger partial charge on any atom is -0.504 e. The van der Waals surface area contributed by atoms with E-state index in [0.29, 0.717) is 18.7 Å². The van der Waals surface area contributed by atoms with Gasteiger partial charge in [0.2, 0.25) is 5.91 Å². The molecule has 0 saturated heterocycles. The Morgan fingerprint density at radius 2 is 2.18 bits per heavy atom. The maximum Gasteiger partial charge on any atom is 0.220 e. The lowest BCUT2D eigenvalue weighted by molar-refractivity contribution is -0.121. The van der Waals surface area contributed by atoms with E-state index < -0.39 is 0 Å². The van der Waals surface area contributed by atoms with Gasteiger partial charge in [-0.2, -0.15) is 0 Å². The second-order valence-electron chi connectivity index (χ2n) is 5.28. The van der Waals surface area contributed by atoms with Crippen molar-refractivity contribution in [2.45, 2.75) is 39.2 Å². The zero-order valence-electron chi connectivity index (χ0n) is 13.4. The van der Waals surface area contributed by atoms with Gasteiger partial charge in [0.1, 0.15) is 0 Å². The lowest BCUT2D eigenvalue weighted by atomic mass is 10.1. The summed E-state index contributed by atoms with van der Waals surface area (Å²) in [5.74, 6) is 0.548. The topological polar surface area (TPSA) is 58.6 Å². The molecule has 0 atom stereocenters. The average Bonchev–Trinajstić information content (AvgIpc) is 2.49. The number of allylic oxidation sites excluding steroid dienone is 3. The highest BCUT2D eigenvalue weighted by molar-refractivity contribution is 5.75. The number of phenolic OH excluding ortho intramolecular Hbond substituents is 1. The summed E-state index contributed by atoms with van der Waals surface area (Å²) < 4.78 is 5.04. The molecule has 0 aliphatic rings. The Labute approximate surface area is 132 Å². The number of amides is 1. The highest BCUT2D eigenvalue weighted by Gasteiger charge is 2.04. The van der Waals surface area contributed by atoms with Crippen LogP contribution in [-0.4, -0.2) is 18.1 Å². The summed E-state index contributed by atoms with van der Waals surface area (Å²) in [6, 6.07) is 5.05. The van der Waals surface area contributed by atoms with Gasteiger partial charge in [-0.15, -0.1) is 0 Å². The van der Waals surface area contributed by atoms with Gasteiger partial charge in [0.25, 0.3) is 0 Å². The van der Waals surface area contributed by atoms with Crippen molar-refractivity contribution in [1.29, 1.82) is 0 Å². The third-order valence-corrected chi connectivity index (χ3v) is 3.16. The highest BCUT2D eigenvalue weighted by atomic mass is 16.5. The molecule has 0 bridgehead atoms. The first kappa shape index (κ1) is 17.8. The number of hydrogen-bond acceptors (Lipinski definition) is 3. The van der Waals surface area contributed by atoms with E-state index in [-0.39, 0.29) is 11.7 Å². The van der Waals surface area contributed by atoms with E-state index in [2.05, 4.69) is 18.0 Å². The molecular weight excluding hydrogens is 278 g/mol. The predicted octanol–water partition coefficient (Wildman–Crippen LogP) is 3.71. The monoisotopic (exact) mass is 303 g/mol. The maximum absolute atomic E-state index is 11.8. The quantitative estimate of drug-likeness (QED) is 0.540. The molecule has 0 aromatic heterocycles. The van der Waals surface area contributed by atoms with Crippen LogP contribution in [0.15, 0.2) is 42.5 Å². The van der Waals surface area contributed by atoms with E-state index in [0.717, 1.165) is 30.4 Å². The number of ether oxygens (including phenoxy) is 1. The van der Waals surface area contributed by atoms with Crippen molar-refractivity contribution < 1.29 is 14.6 Å². The van der Waals surface area contributed by atoms with Crippen LogP contribution in [0.5, 0.6) is 11.5 Å². The van der Waals surface area contributed by atoms with Gasteiger partial charge in [-0.3, -0.25) is 4.79 Å². The Morgan fingerprint density at radius 1 is 1.41 bits per heavy atom. The first-order valence-corrected chi connectivity index (χ1v) is 7.47. The molecule has 0 radical (unpaired) electrons. The molecule has 4 nitrogen and oxygen atoms in total. The summed E-state index contributed by atoms with van der Waals surface area (Å²) in [6.45, 7) is 6.19. The molecule has 0 heterocycles. The number of hydrogen-bond donors (Lipinski definition) is 2. The van der Waals surface area contributed by atoms with E-state index in [9.17, 15) is 9.90 Å². The van der Waals surface area contributed by atoms with E-state index in [4.69, 9.17) is 4.74 Å². The van der Waals surface area contributed by atoms with Crippen molar-refractivity contribution in [1.82, 2.24) is 5.32 Å². The maximum atomic E-state index is 11.8. The lowest BCUT2D eigenvalue weighted by Gasteiger charge is -2.08. The predicted molar refractivity (Wildman–Crippen MR) is 88.9 cm³/mol. The zero-order valence-corrected chi connectivity index (χ0v) is 13.4. The van der Waals surface area contributed by atoms with Crippen molar-refractivity contribution in [2.24, 2.45) is 0 Å². The van der Waals surface area contributed by atoms with Crippen LogP contribution in [0.1, 0.15) is 38.2 Å². The van der Waals surface area contributed by atoms with Crippen LogP contribution in [0, 0.1) is 0 Å². The van der Waals surface area contributed by atoms with Gasteiger partial charge >= 0.3 is 0 Å². The molecule has 0 spiro atoms. The zero-order chi connectivity index (χ0) is 16.4. The lowest BCUT2D eigenvalue weighted by Crippen LogP contribution is -2.22. The number of unbranched alkanes of at least 4 members (excludes halogenated alkanes) is 2. The SMILES string of the molecule is C=C(C)/C=C/CCCCC(=O)NCc1ccc(O)c(OC)c1. The number of phenols is 1. The number of carbonyl (C=O) groups is 1. The molecule has 0 unspecified atom stereocenters.